The summed E-state index contributed by atoms with van der Waals surface area (Å²) < 4.78 is 0. The normalized spacial score (nSPS) is 13.8. The van der Waals surface area contributed by atoms with E-state index in [0.29, 0.717) is 12.8 Å². The van der Waals surface area contributed by atoms with Crippen LogP contribution in [0.4, 0.5) is 0 Å². The molecule has 98 valence electrons. The molecule has 0 radical (unpaired) electrons. The fourth-order valence-corrected chi connectivity index (χ4v) is 1.61. The topological polar surface area (TPSA) is 86.6 Å². The third kappa shape index (κ3) is 4.55. The van der Waals surface area contributed by atoms with Crippen molar-refractivity contribution in [2.75, 3.05) is 0 Å². The van der Waals surface area contributed by atoms with Gasteiger partial charge < -0.3 is 10.2 Å². The highest BCUT2D eigenvalue weighted by Gasteiger charge is 2.22. The van der Waals surface area contributed by atoms with Gasteiger partial charge in [0.2, 0.25) is 0 Å². The van der Waals surface area contributed by atoms with Crippen molar-refractivity contribution in [3.05, 3.63) is 35.9 Å². The molecule has 2 atom stereocenters. The van der Waals surface area contributed by atoms with E-state index in [1.54, 1.807) is 0 Å². The van der Waals surface area contributed by atoms with E-state index in [4.69, 9.17) is 10.2 Å². The molecule has 0 aliphatic rings. The van der Waals surface area contributed by atoms with Gasteiger partial charge in [0.1, 0.15) is 12.1 Å². The molecule has 2 unspecified atom stereocenters. The lowest BCUT2D eigenvalue weighted by Crippen LogP contribution is -2.45. The van der Waals surface area contributed by atoms with Gasteiger partial charge in [-0.15, -0.1) is 0 Å². The third-order valence-corrected chi connectivity index (χ3v) is 2.68. The molecule has 0 heterocycles. The molecule has 18 heavy (non-hydrogen) atoms. The van der Waals surface area contributed by atoms with E-state index in [9.17, 15) is 9.59 Å². The lowest BCUT2D eigenvalue weighted by atomic mass is 10.0. The quantitative estimate of drug-likeness (QED) is 0.676. The van der Waals surface area contributed by atoms with Crippen molar-refractivity contribution in [1.29, 1.82) is 0 Å². The van der Waals surface area contributed by atoms with E-state index >= 15 is 0 Å². The van der Waals surface area contributed by atoms with E-state index in [2.05, 4.69) is 5.32 Å². The van der Waals surface area contributed by atoms with E-state index in [0.717, 1.165) is 5.56 Å². The van der Waals surface area contributed by atoms with Gasteiger partial charge in [-0.3, -0.25) is 14.9 Å². The highest BCUT2D eigenvalue weighted by molar-refractivity contribution is 5.77. The summed E-state index contributed by atoms with van der Waals surface area (Å²) in [6, 6.07) is 7.77. The van der Waals surface area contributed by atoms with Crippen LogP contribution >= 0.6 is 0 Å². The van der Waals surface area contributed by atoms with Gasteiger partial charge in [-0.25, -0.2) is 0 Å². The fourth-order valence-electron chi connectivity index (χ4n) is 1.61. The number of rotatable bonds is 7. The van der Waals surface area contributed by atoms with Crippen LogP contribution in [0.3, 0.4) is 0 Å². The van der Waals surface area contributed by atoms with E-state index in [1.807, 2.05) is 30.3 Å². The van der Waals surface area contributed by atoms with Crippen LogP contribution in [0.15, 0.2) is 30.3 Å². The Balaban J connectivity index is 2.53. The van der Waals surface area contributed by atoms with Gasteiger partial charge in [-0.05, 0) is 25.3 Å². The fraction of sp³-hybridized carbons (Fsp3) is 0.385. The molecule has 0 bridgehead atoms. The molecule has 0 fully saturated rings. The number of carboxylic acids is 2. The minimum absolute atomic E-state index is 0.358. The van der Waals surface area contributed by atoms with Gasteiger partial charge >= 0.3 is 11.9 Å². The maximum absolute atomic E-state index is 11.0. The Labute approximate surface area is 105 Å². The van der Waals surface area contributed by atoms with Crippen molar-refractivity contribution >= 4 is 11.9 Å². The Hall–Kier alpha value is -1.88. The van der Waals surface area contributed by atoms with Crippen LogP contribution in [-0.4, -0.2) is 34.2 Å². The van der Waals surface area contributed by atoms with Crippen LogP contribution in [0.2, 0.25) is 0 Å². The number of aliphatic carboxylic acids is 2. The van der Waals surface area contributed by atoms with Crippen LogP contribution in [0.5, 0.6) is 0 Å². The Bertz CT molecular complexity index is 405. The molecule has 0 spiro atoms. The van der Waals surface area contributed by atoms with Crippen LogP contribution in [-0.2, 0) is 16.0 Å². The molecule has 3 N–H and O–H groups in total. The predicted molar refractivity (Wildman–Crippen MR) is 66.4 cm³/mol. The molecular formula is C13H17NO4. The van der Waals surface area contributed by atoms with Gasteiger partial charge in [0.05, 0.1) is 0 Å². The smallest absolute Gasteiger partial charge is 0.320 e. The maximum atomic E-state index is 11.0. The highest BCUT2D eigenvalue weighted by atomic mass is 16.4. The number of nitrogens with one attached hydrogen (secondary N) is 1. The summed E-state index contributed by atoms with van der Waals surface area (Å²) in [6.45, 7) is 1.43. The molecule has 0 aromatic heterocycles. The lowest BCUT2D eigenvalue weighted by molar-refractivity contribution is -0.142. The minimum Gasteiger partial charge on any atom is -0.480 e. The van der Waals surface area contributed by atoms with Gasteiger partial charge in [0, 0.05) is 0 Å². The second-order valence-electron chi connectivity index (χ2n) is 4.14. The molecule has 5 nitrogen and oxygen atoms in total. The number of hydrogen-bond donors (Lipinski definition) is 3. The standard InChI is InChI=1S/C13H17NO4/c1-9(12(15)16)14-11(13(17)18)8-7-10-5-3-2-4-6-10/h2-6,9,11,14H,7-8H2,1H3,(H,15,16)(H,17,18). The van der Waals surface area contributed by atoms with E-state index in [-0.39, 0.29) is 0 Å². The molecule has 0 saturated heterocycles. The SMILES string of the molecule is CC(NC(CCc1ccccc1)C(=O)O)C(=O)O. The Morgan fingerprint density at radius 2 is 1.78 bits per heavy atom. The molecule has 1 rings (SSSR count). The second-order valence-corrected chi connectivity index (χ2v) is 4.14. The Morgan fingerprint density at radius 1 is 1.17 bits per heavy atom. The van der Waals surface area contributed by atoms with Crippen molar-refractivity contribution in [3.8, 4) is 0 Å². The molecule has 1 aromatic carbocycles. The molecule has 0 saturated carbocycles. The Morgan fingerprint density at radius 3 is 2.28 bits per heavy atom. The van der Waals surface area contributed by atoms with Crippen molar-refractivity contribution in [3.63, 3.8) is 0 Å². The average Bonchev–Trinajstić information content (AvgIpc) is 2.34. The largest absolute Gasteiger partial charge is 0.480 e. The number of carbonyl (C=O) groups is 2. The first-order valence-corrected chi connectivity index (χ1v) is 5.76. The zero-order valence-electron chi connectivity index (χ0n) is 10.2. The maximum Gasteiger partial charge on any atom is 0.320 e. The first-order chi connectivity index (χ1) is 8.50. The molecule has 5 heteroatoms. The van der Waals surface area contributed by atoms with Crippen LogP contribution < -0.4 is 5.32 Å². The molecule has 0 aliphatic heterocycles. The van der Waals surface area contributed by atoms with Crippen molar-refractivity contribution < 1.29 is 19.8 Å². The van der Waals surface area contributed by atoms with Crippen LogP contribution in [0, 0.1) is 0 Å². The monoisotopic (exact) mass is 251 g/mol. The van der Waals surface area contributed by atoms with Crippen LogP contribution in [0.1, 0.15) is 18.9 Å². The number of carboxylic acid groups (broad SMARTS) is 2. The summed E-state index contributed by atoms with van der Waals surface area (Å²) in [5, 5.41) is 20.4. The van der Waals surface area contributed by atoms with Crippen molar-refractivity contribution in [2.45, 2.75) is 31.8 Å². The zero-order valence-corrected chi connectivity index (χ0v) is 10.2. The highest BCUT2D eigenvalue weighted by Crippen LogP contribution is 2.06. The molecule has 0 aliphatic carbocycles. The predicted octanol–water partition coefficient (Wildman–Crippen LogP) is 1.14. The van der Waals surface area contributed by atoms with Gasteiger partial charge in [0.25, 0.3) is 0 Å². The summed E-state index contributed by atoms with van der Waals surface area (Å²) in [5.74, 6) is -2.08. The van der Waals surface area contributed by atoms with Gasteiger partial charge in [-0.1, -0.05) is 30.3 Å². The summed E-state index contributed by atoms with van der Waals surface area (Å²) in [5.41, 5.74) is 1.04. The first-order valence-electron chi connectivity index (χ1n) is 5.76. The van der Waals surface area contributed by atoms with Crippen molar-refractivity contribution in [1.82, 2.24) is 5.32 Å². The Kier molecular flexibility index (Phi) is 5.32. The molecule has 0 amide bonds. The minimum atomic E-state index is -1.05. The zero-order chi connectivity index (χ0) is 13.5. The molecular weight excluding hydrogens is 234 g/mol. The first kappa shape index (κ1) is 14.2. The van der Waals surface area contributed by atoms with Gasteiger partial charge in [-0.2, -0.15) is 0 Å². The van der Waals surface area contributed by atoms with Crippen molar-refractivity contribution in [2.24, 2.45) is 0 Å². The second kappa shape index (κ2) is 6.76. The average molecular weight is 251 g/mol. The number of aryl methyl sites for hydroxylation is 1. The lowest BCUT2D eigenvalue weighted by Gasteiger charge is -2.17. The molecule has 1 aromatic rings. The number of hydrogen-bond acceptors (Lipinski definition) is 3. The van der Waals surface area contributed by atoms with Gasteiger partial charge in [0.15, 0.2) is 0 Å². The summed E-state index contributed by atoms with van der Waals surface area (Å²) in [4.78, 5) is 21.7. The third-order valence-electron chi connectivity index (χ3n) is 2.68. The number of benzene rings is 1. The van der Waals surface area contributed by atoms with E-state index in [1.165, 1.54) is 6.92 Å². The van der Waals surface area contributed by atoms with Crippen LogP contribution in [0.25, 0.3) is 0 Å². The van der Waals surface area contributed by atoms with E-state index < -0.39 is 24.0 Å². The summed E-state index contributed by atoms with van der Waals surface area (Å²) in [7, 11) is 0. The summed E-state index contributed by atoms with van der Waals surface area (Å²) >= 11 is 0. The summed E-state index contributed by atoms with van der Waals surface area (Å²) in [6.07, 6.45) is 0.952.